The van der Waals surface area contributed by atoms with Crippen molar-refractivity contribution in [2.24, 2.45) is 0 Å². The van der Waals surface area contributed by atoms with Gasteiger partial charge in [0.25, 0.3) is 0 Å². The predicted molar refractivity (Wildman–Crippen MR) is 78.9 cm³/mol. The zero-order chi connectivity index (χ0) is 13.7. The Morgan fingerprint density at radius 1 is 1.32 bits per heavy atom. The van der Waals surface area contributed by atoms with Crippen molar-refractivity contribution in [1.29, 1.82) is 5.26 Å². The number of hydrogen-bond donors (Lipinski definition) is 1. The molecule has 2 aliphatic rings. The average molecular weight is 263 g/mol. The van der Waals surface area contributed by atoms with Gasteiger partial charge in [-0.3, -0.25) is 5.32 Å². The van der Waals surface area contributed by atoms with Crippen LogP contribution in [0.3, 0.4) is 0 Å². The maximum Gasteiger partial charge on any atom is 0.106 e. The number of nitrogens with one attached hydrogen (secondary N) is 1. The molecule has 1 saturated carbocycles. The third kappa shape index (κ3) is 3.94. The van der Waals surface area contributed by atoms with Gasteiger partial charge < -0.3 is 4.90 Å². The smallest absolute Gasteiger partial charge is 0.106 e. The van der Waals surface area contributed by atoms with Crippen LogP contribution in [0, 0.1) is 11.3 Å². The molecule has 2 rings (SSSR count). The van der Waals surface area contributed by atoms with Crippen molar-refractivity contribution in [1.82, 2.24) is 10.2 Å². The molecule has 0 aromatic heterocycles. The van der Waals surface area contributed by atoms with Crippen LogP contribution >= 0.6 is 0 Å². The van der Waals surface area contributed by atoms with Gasteiger partial charge in [-0.05, 0) is 64.5 Å². The highest BCUT2D eigenvalue weighted by Gasteiger charge is 2.35. The minimum Gasteiger partial charge on any atom is -0.300 e. The standard InChI is InChI=1S/C16H29N3/c1-3-15-7-5-11-19(15)12-6-10-16(4-2,13-17)18-14-8-9-14/h14-15,18H,3-12H2,1-2H3. The highest BCUT2D eigenvalue weighted by atomic mass is 15.2. The van der Waals surface area contributed by atoms with Crippen molar-refractivity contribution >= 4 is 0 Å². The van der Waals surface area contributed by atoms with Gasteiger partial charge in [-0.25, -0.2) is 0 Å². The minimum atomic E-state index is -0.261. The quantitative estimate of drug-likeness (QED) is 0.731. The lowest BCUT2D eigenvalue weighted by Crippen LogP contribution is -2.45. The molecular weight excluding hydrogens is 234 g/mol. The van der Waals surface area contributed by atoms with Gasteiger partial charge in [-0.1, -0.05) is 13.8 Å². The summed E-state index contributed by atoms with van der Waals surface area (Å²) in [5.41, 5.74) is -0.261. The molecular formula is C16H29N3. The molecule has 2 atom stereocenters. The molecule has 3 heteroatoms. The van der Waals surface area contributed by atoms with Crippen LogP contribution in [-0.4, -0.2) is 35.6 Å². The van der Waals surface area contributed by atoms with Gasteiger partial charge in [0.15, 0.2) is 0 Å². The second-order valence-corrected chi connectivity index (χ2v) is 6.31. The van der Waals surface area contributed by atoms with E-state index in [0.29, 0.717) is 6.04 Å². The molecule has 3 nitrogen and oxygen atoms in total. The normalized spacial score (nSPS) is 27.1. The number of rotatable bonds is 8. The van der Waals surface area contributed by atoms with E-state index in [1.807, 2.05) is 0 Å². The lowest BCUT2D eigenvalue weighted by atomic mass is 9.91. The number of nitrogens with zero attached hydrogens (tertiary/aromatic N) is 2. The van der Waals surface area contributed by atoms with Crippen LogP contribution in [0.2, 0.25) is 0 Å². The van der Waals surface area contributed by atoms with E-state index in [-0.39, 0.29) is 5.54 Å². The lowest BCUT2D eigenvalue weighted by molar-refractivity contribution is 0.231. The van der Waals surface area contributed by atoms with Gasteiger partial charge in [0.05, 0.1) is 6.07 Å². The molecule has 1 heterocycles. The fraction of sp³-hybridized carbons (Fsp3) is 0.938. The fourth-order valence-electron chi connectivity index (χ4n) is 3.37. The molecule has 108 valence electrons. The summed E-state index contributed by atoms with van der Waals surface area (Å²) in [5.74, 6) is 0. The minimum absolute atomic E-state index is 0.261. The second kappa shape index (κ2) is 6.72. The largest absolute Gasteiger partial charge is 0.300 e. The SMILES string of the molecule is CCC1CCCN1CCCC(C#N)(CC)NC1CC1. The topological polar surface area (TPSA) is 39.1 Å². The fourth-order valence-corrected chi connectivity index (χ4v) is 3.37. The van der Waals surface area contributed by atoms with Crippen LogP contribution < -0.4 is 5.32 Å². The lowest BCUT2D eigenvalue weighted by Gasteiger charge is -2.29. The van der Waals surface area contributed by atoms with Gasteiger partial charge in [0.2, 0.25) is 0 Å². The number of likely N-dealkylation sites (tertiary alicyclic amines) is 1. The summed E-state index contributed by atoms with van der Waals surface area (Å²) in [6.07, 6.45) is 9.60. The third-order valence-corrected chi connectivity index (χ3v) is 4.89. The first-order valence-electron chi connectivity index (χ1n) is 8.16. The first-order chi connectivity index (χ1) is 9.23. The molecule has 2 unspecified atom stereocenters. The molecule has 1 N–H and O–H groups in total. The Kier molecular flexibility index (Phi) is 5.24. The summed E-state index contributed by atoms with van der Waals surface area (Å²) in [7, 11) is 0. The molecule has 2 fully saturated rings. The summed E-state index contributed by atoms with van der Waals surface area (Å²) < 4.78 is 0. The van der Waals surface area contributed by atoms with Crippen LogP contribution in [0.5, 0.6) is 0 Å². The van der Waals surface area contributed by atoms with Crippen molar-refractivity contribution < 1.29 is 0 Å². The van der Waals surface area contributed by atoms with Crippen LogP contribution in [0.1, 0.15) is 65.2 Å². The first-order valence-corrected chi connectivity index (χ1v) is 8.16. The highest BCUT2D eigenvalue weighted by Crippen LogP contribution is 2.27. The van der Waals surface area contributed by atoms with E-state index in [4.69, 9.17) is 0 Å². The molecule has 0 amide bonds. The predicted octanol–water partition coefficient (Wildman–Crippen LogP) is 3.07. The molecule has 0 aromatic carbocycles. The van der Waals surface area contributed by atoms with E-state index in [1.165, 1.54) is 45.2 Å². The molecule has 19 heavy (non-hydrogen) atoms. The van der Waals surface area contributed by atoms with E-state index in [1.54, 1.807) is 0 Å². The molecule has 0 radical (unpaired) electrons. The number of nitriles is 1. The zero-order valence-electron chi connectivity index (χ0n) is 12.6. The second-order valence-electron chi connectivity index (χ2n) is 6.31. The Morgan fingerprint density at radius 2 is 2.11 bits per heavy atom. The molecule has 1 aliphatic carbocycles. The molecule has 0 aromatic rings. The Morgan fingerprint density at radius 3 is 2.68 bits per heavy atom. The Balaban J connectivity index is 1.77. The van der Waals surface area contributed by atoms with E-state index in [2.05, 4.69) is 30.1 Å². The van der Waals surface area contributed by atoms with E-state index in [0.717, 1.165) is 25.3 Å². The number of hydrogen-bond acceptors (Lipinski definition) is 3. The molecule has 1 aliphatic heterocycles. The summed E-state index contributed by atoms with van der Waals surface area (Å²) in [4.78, 5) is 2.63. The van der Waals surface area contributed by atoms with Crippen LogP contribution in [0.4, 0.5) is 0 Å². The summed E-state index contributed by atoms with van der Waals surface area (Å²) >= 11 is 0. The van der Waals surface area contributed by atoms with E-state index >= 15 is 0 Å². The van der Waals surface area contributed by atoms with Gasteiger partial charge in [0, 0.05) is 12.1 Å². The Labute approximate surface area is 118 Å². The van der Waals surface area contributed by atoms with Crippen LogP contribution in [-0.2, 0) is 0 Å². The summed E-state index contributed by atoms with van der Waals surface area (Å²) in [6, 6.07) is 3.98. The summed E-state index contributed by atoms with van der Waals surface area (Å²) in [5, 5.41) is 13.1. The van der Waals surface area contributed by atoms with Crippen molar-refractivity contribution in [2.75, 3.05) is 13.1 Å². The first kappa shape index (κ1) is 14.8. The van der Waals surface area contributed by atoms with E-state index in [9.17, 15) is 5.26 Å². The van der Waals surface area contributed by atoms with Gasteiger partial charge in [-0.15, -0.1) is 0 Å². The summed E-state index contributed by atoms with van der Waals surface area (Å²) in [6.45, 7) is 6.88. The van der Waals surface area contributed by atoms with Gasteiger partial charge in [0.1, 0.15) is 5.54 Å². The zero-order valence-corrected chi connectivity index (χ0v) is 12.6. The third-order valence-electron chi connectivity index (χ3n) is 4.89. The van der Waals surface area contributed by atoms with Crippen LogP contribution in [0.15, 0.2) is 0 Å². The van der Waals surface area contributed by atoms with Crippen LogP contribution in [0.25, 0.3) is 0 Å². The maximum absolute atomic E-state index is 9.52. The molecule has 0 spiro atoms. The maximum atomic E-state index is 9.52. The molecule has 0 bridgehead atoms. The van der Waals surface area contributed by atoms with Gasteiger partial charge in [-0.2, -0.15) is 5.26 Å². The van der Waals surface area contributed by atoms with E-state index < -0.39 is 0 Å². The van der Waals surface area contributed by atoms with Crippen molar-refractivity contribution in [3.63, 3.8) is 0 Å². The van der Waals surface area contributed by atoms with Crippen molar-refractivity contribution in [3.8, 4) is 6.07 Å². The highest BCUT2D eigenvalue weighted by molar-refractivity contribution is 5.09. The molecule has 1 saturated heterocycles. The van der Waals surface area contributed by atoms with Gasteiger partial charge >= 0.3 is 0 Å². The Bertz CT molecular complexity index is 318. The van der Waals surface area contributed by atoms with Crippen molar-refractivity contribution in [3.05, 3.63) is 0 Å². The van der Waals surface area contributed by atoms with Crippen molar-refractivity contribution in [2.45, 2.75) is 82.8 Å². The monoisotopic (exact) mass is 263 g/mol. The Hall–Kier alpha value is -0.590. The average Bonchev–Trinajstić information content (AvgIpc) is 3.13.